The molecule has 4 aliphatic rings. The molecule has 4 fully saturated rings. The Kier molecular flexibility index (Phi) is 52.9. The first kappa shape index (κ1) is 104. The van der Waals surface area contributed by atoms with Gasteiger partial charge < -0.3 is 140 Å². The molecule has 7 amide bonds. The van der Waals surface area contributed by atoms with Crippen LogP contribution in [0.15, 0.2) is 0 Å². The van der Waals surface area contributed by atoms with Crippen LogP contribution in [0.4, 0.5) is 0 Å². The summed E-state index contributed by atoms with van der Waals surface area (Å²) in [6.45, 7) is 8.87. The highest BCUT2D eigenvalue weighted by molar-refractivity contribution is 7.55. The Balaban J connectivity index is 1.28. The largest absolute Gasteiger partial charge is 0.394 e. The Labute approximate surface area is 683 Å². The molecule has 0 aromatic heterocycles. The number of nitrogens with zero attached hydrogens (tertiary/aromatic N) is 1. The molecule has 0 radical (unpaired) electrons. The van der Waals surface area contributed by atoms with Crippen LogP contribution in [-0.2, 0) is 94.6 Å². The van der Waals surface area contributed by atoms with Crippen molar-refractivity contribution in [3.05, 3.63) is 6.66 Å². The maximum absolute atomic E-state index is 14.1. The number of carbonyl (C=O) groups excluding carboxylic acids is 8. The molecule has 0 aromatic carbocycles. The van der Waals surface area contributed by atoms with Gasteiger partial charge in [0, 0.05) is 154 Å². The van der Waals surface area contributed by atoms with Crippen molar-refractivity contribution in [3.8, 4) is 0 Å². The highest BCUT2D eigenvalue weighted by Crippen LogP contribution is 2.46. The summed E-state index contributed by atoms with van der Waals surface area (Å²) in [5.41, 5.74) is -1.16. The summed E-state index contributed by atoms with van der Waals surface area (Å²) >= 11 is 0. The normalized spacial score (nSPS) is 26.5. The lowest BCUT2D eigenvalue weighted by Gasteiger charge is -2.40. The molecular formula is C78H141N7O30P-. The number of rotatable bonds is 65. The van der Waals surface area contributed by atoms with Crippen LogP contribution in [0, 0.1) is 29.8 Å². The first-order chi connectivity index (χ1) is 55.6. The SMILES string of the molecule is [CH2-]P(=O)(OC)OC[C@@H]1C[C@@H](O)CN1C(=O)CCCCCCCCCCC(=O)CC(COCCC(=O)NCCCNC(=O)CCCCOC1OC(CO)C(O)C(O)C1C)(COCCC(=O)NCCCNC(=O)CCCCOC1OC(CO)C(O)C(O)C1C)COCCC(=O)NCCCNC(=O)CCCCOC1OC(CO)C(O)C(O)C1C. The van der Waals surface area contributed by atoms with Crippen LogP contribution in [0.2, 0.25) is 0 Å². The van der Waals surface area contributed by atoms with Crippen molar-refractivity contribution in [3.63, 3.8) is 0 Å². The summed E-state index contributed by atoms with van der Waals surface area (Å²) < 4.78 is 74.8. The van der Waals surface area contributed by atoms with Gasteiger partial charge in [0.1, 0.15) is 42.4 Å². The van der Waals surface area contributed by atoms with Crippen LogP contribution in [0.25, 0.3) is 0 Å². The highest BCUT2D eigenvalue weighted by Gasteiger charge is 2.45. The first-order valence-corrected chi connectivity index (χ1v) is 43.5. The number of aliphatic hydroxyl groups excluding tert-OH is 10. The van der Waals surface area contributed by atoms with E-state index < -0.39 is 137 Å². The van der Waals surface area contributed by atoms with E-state index in [1.165, 1.54) is 7.11 Å². The van der Waals surface area contributed by atoms with E-state index in [0.29, 0.717) is 103 Å². The van der Waals surface area contributed by atoms with Crippen molar-refractivity contribution in [1.82, 2.24) is 36.8 Å². The van der Waals surface area contributed by atoms with E-state index in [-0.39, 0.29) is 191 Å². The Morgan fingerprint density at radius 2 is 0.733 bits per heavy atom. The first-order valence-electron chi connectivity index (χ1n) is 41.8. The van der Waals surface area contributed by atoms with E-state index >= 15 is 0 Å². The topological polar surface area (TPSA) is 533 Å². The molecule has 4 heterocycles. The van der Waals surface area contributed by atoms with E-state index in [1.54, 1.807) is 25.7 Å². The zero-order valence-corrected chi connectivity index (χ0v) is 69.7. The molecule has 0 saturated carbocycles. The maximum atomic E-state index is 14.1. The summed E-state index contributed by atoms with van der Waals surface area (Å²) in [5, 5.41) is 117. The molecule has 4 rings (SSSR count). The summed E-state index contributed by atoms with van der Waals surface area (Å²) in [4.78, 5) is 106. The Morgan fingerprint density at radius 3 is 1.06 bits per heavy atom. The van der Waals surface area contributed by atoms with Crippen molar-refractivity contribution < 1.29 is 146 Å². The van der Waals surface area contributed by atoms with Crippen molar-refractivity contribution in [1.29, 1.82) is 0 Å². The fourth-order valence-electron chi connectivity index (χ4n) is 13.7. The smallest absolute Gasteiger partial charge is 0.222 e. The van der Waals surface area contributed by atoms with E-state index in [2.05, 4.69) is 38.6 Å². The van der Waals surface area contributed by atoms with Crippen LogP contribution < -0.4 is 31.9 Å². The quantitative estimate of drug-likeness (QED) is 0.0221. The monoisotopic (exact) mass is 1690 g/mol. The third kappa shape index (κ3) is 41.3. The number of likely N-dealkylation sites (tertiary alicyclic amines) is 1. The van der Waals surface area contributed by atoms with Gasteiger partial charge >= 0.3 is 0 Å². The number of unbranched alkanes of at least 4 members (excludes halogenated alkanes) is 10. The number of hydrogen-bond donors (Lipinski definition) is 16. The van der Waals surface area contributed by atoms with E-state index in [9.17, 15) is 94.0 Å². The number of hydrogen-bond acceptors (Lipinski definition) is 30. The molecule has 116 heavy (non-hydrogen) atoms. The maximum Gasteiger partial charge on any atom is 0.222 e. The Hall–Kier alpha value is -4.65. The average molecular weight is 1690 g/mol. The predicted octanol–water partition coefficient (Wildman–Crippen LogP) is 0.316. The van der Waals surface area contributed by atoms with Crippen LogP contribution >= 0.6 is 7.60 Å². The van der Waals surface area contributed by atoms with Gasteiger partial charge in [-0.05, 0) is 77.0 Å². The third-order valence-corrected chi connectivity index (χ3v) is 22.2. The highest BCUT2D eigenvalue weighted by atomic mass is 31.2. The number of Topliss-reactive ketones (excluding diaryl/α,β-unsaturated/α-hetero) is 1. The minimum Gasteiger partial charge on any atom is -0.394 e. The lowest BCUT2D eigenvalue weighted by molar-refractivity contribution is -0.282. The molecule has 16 N–H and O–H groups in total. The van der Waals surface area contributed by atoms with Gasteiger partial charge in [0.25, 0.3) is 0 Å². The van der Waals surface area contributed by atoms with Gasteiger partial charge in [-0.25, -0.2) is 6.66 Å². The molecule has 0 aromatic rings. The van der Waals surface area contributed by atoms with Gasteiger partial charge in [0.2, 0.25) is 41.4 Å². The van der Waals surface area contributed by atoms with Crippen LogP contribution in [0.1, 0.15) is 194 Å². The Morgan fingerprint density at radius 1 is 0.422 bits per heavy atom. The Bertz CT molecular complexity index is 2610. The van der Waals surface area contributed by atoms with Crippen molar-refractivity contribution in [2.75, 3.05) is 139 Å². The molecule has 18 atom stereocenters. The zero-order valence-electron chi connectivity index (χ0n) is 68.8. The van der Waals surface area contributed by atoms with Crippen LogP contribution in [-0.4, -0.2) is 328 Å². The molecule has 0 spiro atoms. The zero-order chi connectivity index (χ0) is 85.3. The summed E-state index contributed by atoms with van der Waals surface area (Å²) in [6, 6.07) is -0.434. The summed E-state index contributed by atoms with van der Waals surface area (Å²) in [5.74, 6) is -3.39. The van der Waals surface area contributed by atoms with E-state index in [1.807, 2.05) is 0 Å². The number of carbonyl (C=O) groups is 8. The van der Waals surface area contributed by atoms with Gasteiger partial charge in [-0.2, -0.15) is 0 Å². The van der Waals surface area contributed by atoms with Gasteiger partial charge in [-0.3, -0.25) is 42.9 Å². The molecule has 38 heteroatoms. The molecular weight excluding hydrogens is 1550 g/mol. The predicted molar refractivity (Wildman–Crippen MR) is 419 cm³/mol. The van der Waals surface area contributed by atoms with Gasteiger partial charge in [-0.15, -0.1) is 0 Å². The summed E-state index contributed by atoms with van der Waals surface area (Å²) in [7, 11) is -2.28. The molecule has 0 bridgehead atoms. The third-order valence-electron chi connectivity index (χ3n) is 21.1. The molecule has 0 aliphatic carbocycles. The standard InChI is InChI=1S/C78H141N7O30P/c1-53-69(98)72(101)59(46-86)113-75(53)109-37-17-14-24-62(91)79-31-20-34-82-65(94)28-40-106-50-78(44-57(89)23-12-10-8-6-7-9-11-13-27-68(97)85-45-58(90)43-56(85)49-112-116(5,104)105-4,51-107-41-29-66(95)83-35-21-32-80-63(92)25-15-18-38-110-76-54(2)70(99)73(102)60(47-87)114-76)52-108-42-30-67(96)84-36-22-33-81-64(93)26-16-19-39-111-77-55(3)71(100)74(103)61(48-88)115-77/h53-56,58-61,69-77,86-88,90,98-103H,5-52H2,1-4H3,(H,79,91)(H,80,92)(H,81,93)(H,82,94)(H,83,95)(H,84,96)/q-1/t53?,54?,55?,56-,58+,59?,60?,61?,69?,70?,71?,72?,73?,74?,75?,76?,77?,78?,116?/m0/s1. The molecule has 37 nitrogen and oxygen atoms in total. The van der Waals surface area contributed by atoms with E-state index in [4.69, 9.17) is 51.7 Å². The fourth-order valence-corrected chi connectivity index (χ4v) is 14.2. The van der Waals surface area contributed by atoms with Gasteiger partial charge in [0.05, 0.1) is 96.5 Å². The van der Waals surface area contributed by atoms with Crippen molar-refractivity contribution >= 4 is 54.7 Å². The van der Waals surface area contributed by atoms with E-state index in [0.717, 1.165) is 38.5 Å². The van der Waals surface area contributed by atoms with Crippen molar-refractivity contribution in [2.24, 2.45) is 23.2 Å². The molecule has 16 unspecified atom stereocenters. The number of amides is 7. The minimum atomic E-state index is -3.51. The number of nitrogens with one attached hydrogen (secondary N) is 6. The number of ether oxygens (including phenoxy) is 9. The molecule has 4 saturated heterocycles. The lowest BCUT2D eigenvalue weighted by Crippen LogP contribution is -2.55. The minimum absolute atomic E-state index is 0.0576. The van der Waals surface area contributed by atoms with Crippen LogP contribution in [0.5, 0.6) is 0 Å². The second-order valence-electron chi connectivity index (χ2n) is 31.0. The molecule has 674 valence electrons. The summed E-state index contributed by atoms with van der Waals surface area (Å²) in [6.07, 6.45) is -1.30. The van der Waals surface area contributed by atoms with Gasteiger partial charge in [0.15, 0.2) is 26.5 Å². The van der Waals surface area contributed by atoms with Crippen LogP contribution in [0.3, 0.4) is 0 Å². The second-order valence-corrected chi connectivity index (χ2v) is 32.8. The molecule has 4 aliphatic heterocycles. The van der Waals surface area contributed by atoms with Crippen molar-refractivity contribution in [2.45, 2.75) is 280 Å². The van der Waals surface area contributed by atoms with Gasteiger partial charge in [-0.1, -0.05) is 59.3 Å². The second kappa shape index (κ2) is 59.2. The number of aliphatic hydroxyl groups is 10. The fraction of sp³-hybridized carbons (Fsp3) is 0.885. The number of ketones is 1. The average Bonchev–Trinajstić information content (AvgIpc) is 0.970. The number of β-amino-alcohol motifs (C(OH)–C–C–N with tert-alkyl or cyclic N) is 1. The lowest BCUT2D eigenvalue weighted by atomic mass is 9.84.